The smallest absolute Gasteiger partial charge is 0.0138 e. The molecule has 2 saturated heterocycles. The molecule has 0 radical (unpaired) electrons. The third-order valence-electron chi connectivity index (χ3n) is 6.40. The molecule has 0 spiro atoms. The highest BCUT2D eigenvalue weighted by Gasteiger charge is 2.35. The van der Waals surface area contributed by atoms with Gasteiger partial charge in [0.25, 0.3) is 0 Å². The monoisotopic (exact) mass is 293 g/mol. The predicted molar refractivity (Wildman–Crippen MR) is 89.4 cm³/mol. The zero-order chi connectivity index (χ0) is 14.7. The standard InChI is InChI=1S/C18H35N3/c1-15-5-6-16(14-19)18(13-15)21-11-7-17(8-12-21)20-9-3-2-4-10-20/h15-18H,2-14,19H2,1H3. The Morgan fingerprint density at radius 2 is 1.57 bits per heavy atom. The van der Waals surface area contributed by atoms with Crippen molar-refractivity contribution in [1.29, 1.82) is 0 Å². The fourth-order valence-corrected chi connectivity index (χ4v) is 5.00. The molecular weight excluding hydrogens is 258 g/mol. The zero-order valence-corrected chi connectivity index (χ0v) is 14.0. The number of nitrogens with zero attached hydrogens (tertiary/aromatic N) is 2. The van der Waals surface area contributed by atoms with Crippen LogP contribution in [-0.4, -0.2) is 54.6 Å². The molecule has 1 aliphatic carbocycles. The molecule has 3 atom stereocenters. The van der Waals surface area contributed by atoms with Gasteiger partial charge in [0.05, 0.1) is 0 Å². The molecule has 3 aliphatic rings. The molecule has 0 bridgehead atoms. The quantitative estimate of drug-likeness (QED) is 0.868. The first-order valence-corrected chi connectivity index (χ1v) is 9.46. The van der Waals surface area contributed by atoms with Crippen molar-refractivity contribution in [2.75, 3.05) is 32.7 Å². The maximum Gasteiger partial charge on any atom is 0.0138 e. The second-order valence-electron chi connectivity index (χ2n) is 7.85. The third-order valence-corrected chi connectivity index (χ3v) is 6.40. The van der Waals surface area contributed by atoms with Crippen molar-refractivity contribution in [1.82, 2.24) is 9.80 Å². The summed E-state index contributed by atoms with van der Waals surface area (Å²) in [5.41, 5.74) is 6.06. The average Bonchev–Trinajstić information content (AvgIpc) is 2.56. The van der Waals surface area contributed by atoms with Crippen LogP contribution in [0.1, 0.15) is 58.3 Å². The predicted octanol–water partition coefficient (Wildman–Crippen LogP) is 2.70. The van der Waals surface area contributed by atoms with E-state index in [1.807, 2.05) is 0 Å². The molecule has 0 amide bonds. The number of piperidine rings is 2. The van der Waals surface area contributed by atoms with Gasteiger partial charge in [0.15, 0.2) is 0 Å². The van der Waals surface area contributed by atoms with Gasteiger partial charge in [-0.2, -0.15) is 0 Å². The molecule has 0 aromatic heterocycles. The van der Waals surface area contributed by atoms with E-state index in [-0.39, 0.29) is 0 Å². The molecule has 3 fully saturated rings. The molecule has 3 heteroatoms. The lowest BCUT2D eigenvalue weighted by atomic mass is 9.77. The molecule has 3 rings (SSSR count). The number of hydrogen-bond donors (Lipinski definition) is 1. The summed E-state index contributed by atoms with van der Waals surface area (Å²) in [6.07, 6.45) is 11.2. The summed E-state index contributed by atoms with van der Waals surface area (Å²) in [5, 5.41) is 0. The lowest BCUT2D eigenvalue weighted by Crippen LogP contribution is -2.53. The highest BCUT2D eigenvalue weighted by molar-refractivity contribution is 4.90. The van der Waals surface area contributed by atoms with Crippen LogP contribution in [0.4, 0.5) is 0 Å². The van der Waals surface area contributed by atoms with Crippen molar-refractivity contribution in [3.8, 4) is 0 Å². The molecule has 0 aromatic carbocycles. The summed E-state index contributed by atoms with van der Waals surface area (Å²) in [4.78, 5) is 5.58. The van der Waals surface area contributed by atoms with E-state index in [1.54, 1.807) is 0 Å². The van der Waals surface area contributed by atoms with E-state index in [1.165, 1.54) is 77.5 Å². The van der Waals surface area contributed by atoms with Crippen LogP contribution in [0.3, 0.4) is 0 Å². The minimum absolute atomic E-state index is 0.757. The maximum atomic E-state index is 6.06. The number of hydrogen-bond acceptors (Lipinski definition) is 3. The molecule has 21 heavy (non-hydrogen) atoms. The van der Waals surface area contributed by atoms with Gasteiger partial charge in [-0.1, -0.05) is 19.8 Å². The van der Waals surface area contributed by atoms with Crippen LogP contribution in [0.15, 0.2) is 0 Å². The van der Waals surface area contributed by atoms with E-state index in [0.717, 1.165) is 30.5 Å². The Kier molecular flexibility index (Phi) is 5.58. The van der Waals surface area contributed by atoms with Crippen molar-refractivity contribution in [3.05, 3.63) is 0 Å². The van der Waals surface area contributed by atoms with Gasteiger partial charge in [0.1, 0.15) is 0 Å². The lowest BCUT2D eigenvalue weighted by molar-refractivity contribution is 0.0325. The van der Waals surface area contributed by atoms with Gasteiger partial charge >= 0.3 is 0 Å². The van der Waals surface area contributed by atoms with Crippen molar-refractivity contribution in [3.63, 3.8) is 0 Å². The summed E-state index contributed by atoms with van der Waals surface area (Å²) in [5.74, 6) is 1.66. The summed E-state index contributed by atoms with van der Waals surface area (Å²) < 4.78 is 0. The van der Waals surface area contributed by atoms with Crippen molar-refractivity contribution >= 4 is 0 Å². The molecule has 2 aliphatic heterocycles. The van der Waals surface area contributed by atoms with Gasteiger partial charge in [0, 0.05) is 12.1 Å². The summed E-state index contributed by atoms with van der Waals surface area (Å²) in [6.45, 7) is 8.67. The molecule has 0 aromatic rings. The van der Waals surface area contributed by atoms with E-state index in [2.05, 4.69) is 16.7 Å². The number of rotatable bonds is 3. The van der Waals surface area contributed by atoms with Crippen LogP contribution in [-0.2, 0) is 0 Å². The maximum absolute atomic E-state index is 6.06. The zero-order valence-electron chi connectivity index (χ0n) is 14.0. The lowest BCUT2D eigenvalue weighted by Gasteiger charge is -2.46. The number of likely N-dealkylation sites (tertiary alicyclic amines) is 2. The Bertz CT molecular complexity index is 306. The number of nitrogens with two attached hydrogens (primary N) is 1. The Hall–Kier alpha value is -0.120. The van der Waals surface area contributed by atoms with Gasteiger partial charge in [-0.05, 0) is 83.1 Å². The first-order chi connectivity index (χ1) is 10.3. The normalized spacial score (nSPS) is 37.7. The highest BCUT2D eigenvalue weighted by atomic mass is 15.2. The molecule has 3 unspecified atom stereocenters. The van der Waals surface area contributed by atoms with E-state index in [9.17, 15) is 0 Å². The largest absolute Gasteiger partial charge is 0.330 e. The van der Waals surface area contributed by atoms with Gasteiger partial charge in [-0.3, -0.25) is 4.90 Å². The molecule has 2 N–H and O–H groups in total. The highest BCUT2D eigenvalue weighted by Crippen LogP contribution is 2.33. The minimum Gasteiger partial charge on any atom is -0.330 e. The SMILES string of the molecule is CC1CCC(CN)C(N2CCC(N3CCCCC3)CC2)C1. The summed E-state index contributed by atoms with van der Waals surface area (Å²) in [6, 6.07) is 1.65. The topological polar surface area (TPSA) is 32.5 Å². The summed E-state index contributed by atoms with van der Waals surface area (Å²) >= 11 is 0. The Labute approximate surface area is 131 Å². The van der Waals surface area contributed by atoms with Crippen LogP contribution >= 0.6 is 0 Å². The van der Waals surface area contributed by atoms with E-state index in [4.69, 9.17) is 5.73 Å². The van der Waals surface area contributed by atoms with Crippen LogP contribution in [0.25, 0.3) is 0 Å². The van der Waals surface area contributed by atoms with Crippen LogP contribution in [0.2, 0.25) is 0 Å². The van der Waals surface area contributed by atoms with Gasteiger partial charge < -0.3 is 10.6 Å². The fraction of sp³-hybridized carbons (Fsp3) is 1.00. The third kappa shape index (κ3) is 3.80. The molecule has 3 nitrogen and oxygen atoms in total. The molecule has 2 heterocycles. The Balaban J connectivity index is 1.52. The second-order valence-corrected chi connectivity index (χ2v) is 7.85. The van der Waals surface area contributed by atoms with E-state index in [0.29, 0.717) is 0 Å². The Morgan fingerprint density at radius 3 is 2.24 bits per heavy atom. The molecule has 122 valence electrons. The molecule has 1 saturated carbocycles. The van der Waals surface area contributed by atoms with Crippen molar-refractivity contribution < 1.29 is 0 Å². The first kappa shape index (κ1) is 15.8. The average molecular weight is 293 g/mol. The van der Waals surface area contributed by atoms with Gasteiger partial charge in [-0.15, -0.1) is 0 Å². The minimum atomic E-state index is 0.757. The van der Waals surface area contributed by atoms with Gasteiger partial charge in [0.2, 0.25) is 0 Å². The first-order valence-electron chi connectivity index (χ1n) is 9.46. The van der Waals surface area contributed by atoms with Crippen molar-refractivity contribution in [2.24, 2.45) is 17.6 Å². The van der Waals surface area contributed by atoms with E-state index < -0.39 is 0 Å². The fourth-order valence-electron chi connectivity index (χ4n) is 5.00. The summed E-state index contributed by atoms with van der Waals surface area (Å²) in [7, 11) is 0. The van der Waals surface area contributed by atoms with Crippen LogP contribution in [0, 0.1) is 11.8 Å². The van der Waals surface area contributed by atoms with Crippen LogP contribution < -0.4 is 5.73 Å². The Morgan fingerprint density at radius 1 is 0.857 bits per heavy atom. The molecular formula is C18H35N3. The van der Waals surface area contributed by atoms with Crippen LogP contribution in [0.5, 0.6) is 0 Å². The van der Waals surface area contributed by atoms with E-state index >= 15 is 0 Å². The van der Waals surface area contributed by atoms with Gasteiger partial charge in [-0.25, -0.2) is 0 Å². The van der Waals surface area contributed by atoms with Crippen molar-refractivity contribution in [2.45, 2.75) is 70.4 Å². The second kappa shape index (κ2) is 7.43.